The molecule has 2 aliphatic rings. The van der Waals surface area contributed by atoms with Crippen LogP contribution in [0.4, 0.5) is 30.7 Å². The van der Waals surface area contributed by atoms with Gasteiger partial charge in [-0.1, -0.05) is 0 Å². The molecule has 1 amide bonds. The first-order valence-corrected chi connectivity index (χ1v) is 13.7. The maximum Gasteiger partial charge on any atom is 0.416 e. The topological polar surface area (TPSA) is 92.8 Å². The third-order valence-electron chi connectivity index (χ3n) is 7.04. The van der Waals surface area contributed by atoms with E-state index in [4.69, 9.17) is 4.74 Å². The molecule has 7 nitrogen and oxygen atoms in total. The summed E-state index contributed by atoms with van der Waals surface area (Å²) in [6, 6.07) is 6.30. The Labute approximate surface area is 233 Å². The molecule has 1 fully saturated rings. The average molecular weight is 604 g/mol. The van der Waals surface area contributed by atoms with E-state index in [2.05, 4.69) is 20.6 Å². The number of hydrogen-bond donors (Lipinski definition) is 2. The molecule has 0 unspecified atom stereocenters. The van der Waals surface area contributed by atoms with E-state index in [0.29, 0.717) is 10.8 Å². The average Bonchev–Trinajstić information content (AvgIpc) is 3.37. The summed E-state index contributed by atoms with van der Waals surface area (Å²) in [4.78, 5) is 14.7. The predicted molar refractivity (Wildman–Crippen MR) is 134 cm³/mol. The van der Waals surface area contributed by atoms with E-state index in [1.54, 1.807) is 6.07 Å². The maximum absolute atomic E-state index is 15.4. The summed E-state index contributed by atoms with van der Waals surface area (Å²) in [5, 5.41) is 15.1. The van der Waals surface area contributed by atoms with Crippen molar-refractivity contribution in [3.05, 3.63) is 57.3 Å². The standard InChI is InChI=1S/C26H24F7N5O2S/c27-18-12-15(40-11-3-1-2-10-25(28,29)30)6-7-17(18)24(26(31,32)33)13-16(20-9-8-19(41-20)14-4-5-14)21(23(39)34-24)22-35-37-38-36-22/h6-9,12,14H,1-5,10-11,13H2,(H,34,39)(H,35,36,37,38)/t24-/m0/s1. The molecular weight excluding hydrogens is 579 g/mol. The Balaban J connectivity index is 1.44. The van der Waals surface area contributed by atoms with Gasteiger partial charge < -0.3 is 10.1 Å². The lowest BCUT2D eigenvalue weighted by Crippen LogP contribution is -2.58. The van der Waals surface area contributed by atoms with Crippen LogP contribution >= 0.6 is 11.3 Å². The first kappa shape index (κ1) is 29.0. The van der Waals surface area contributed by atoms with Crippen LogP contribution in [0.2, 0.25) is 0 Å². The molecule has 1 aromatic carbocycles. The monoisotopic (exact) mass is 603 g/mol. The number of nitrogens with one attached hydrogen (secondary N) is 2. The van der Waals surface area contributed by atoms with E-state index in [-0.39, 0.29) is 48.6 Å². The van der Waals surface area contributed by atoms with Gasteiger partial charge >= 0.3 is 12.4 Å². The van der Waals surface area contributed by atoms with Gasteiger partial charge in [-0.05, 0) is 78.3 Å². The van der Waals surface area contributed by atoms with E-state index in [0.717, 1.165) is 35.9 Å². The van der Waals surface area contributed by atoms with E-state index in [9.17, 15) is 31.1 Å². The van der Waals surface area contributed by atoms with Crippen molar-refractivity contribution in [3.63, 3.8) is 0 Å². The Hall–Kier alpha value is -3.49. The highest BCUT2D eigenvalue weighted by atomic mass is 32.1. The molecule has 1 aliphatic heterocycles. The lowest BCUT2D eigenvalue weighted by atomic mass is 9.77. The zero-order chi connectivity index (χ0) is 29.4. The van der Waals surface area contributed by atoms with Gasteiger partial charge in [-0.2, -0.15) is 26.3 Å². The van der Waals surface area contributed by atoms with Gasteiger partial charge in [0.2, 0.25) is 0 Å². The Kier molecular flexibility index (Phi) is 7.83. The number of unbranched alkanes of at least 4 members (excludes halogenated alkanes) is 2. The van der Waals surface area contributed by atoms with Gasteiger partial charge in [0.05, 0.1) is 12.2 Å². The van der Waals surface area contributed by atoms with Crippen LogP contribution in [0.25, 0.3) is 11.1 Å². The molecule has 2 aromatic heterocycles. The lowest BCUT2D eigenvalue weighted by molar-refractivity contribution is -0.202. The van der Waals surface area contributed by atoms with Gasteiger partial charge in [-0.15, -0.1) is 16.4 Å². The summed E-state index contributed by atoms with van der Waals surface area (Å²) in [5.74, 6) is -2.26. The van der Waals surface area contributed by atoms with Crippen molar-refractivity contribution in [3.8, 4) is 5.75 Å². The molecule has 0 bridgehead atoms. The minimum absolute atomic E-state index is 0.0279. The number of tetrazole rings is 1. The molecular formula is C26H24F7N5O2S. The van der Waals surface area contributed by atoms with Gasteiger partial charge in [0.15, 0.2) is 11.4 Å². The van der Waals surface area contributed by atoms with Crippen molar-refractivity contribution in [2.24, 2.45) is 0 Å². The number of rotatable bonds is 10. The molecule has 1 aliphatic carbocycles. The molecule has 3 aromatic rings. The number of carbonyl (C=O) groups excluding carboxylic acids is 1. The molecule has 0 radical (unpaired) electrons. The van der Waals surface area contributed by atoms with Crippen molar-refractivity contribution >= 4 is 28.4 Å². The van der Waals surface area contributed by atoms with Gasteiger partial charge in [0.1, 0.15) is 11.6 Å². The molecule has 1 atom stereocenters. The first-order chi connectivity index (χ1) is 19.4. The normalized spacial score (nSPS) is 19.9. The number of carbonyl (C=O) groups is 1. The first-order valence-electron chi connectivity index (χ1n) is 12.8. The number of nitrogens with zero attached hydrogens (tertiary/aromatic N) is 3. The van der Waals surface area contributed by atoms with E-state index >= 15 is 4.39 Å². The van der Waals surface area contributed by atoms with Crippen LogP contribution in [0.5, 0.6) is 5.75 Å². The Morgan fingerprint density at radius 1 is 1.05 bits per heavy atom. The highest BCUT2D eigenvalue weighted by Gasteiger charge is 2.61. The number of hydrogen-bond acceptors (Lipinski definition) is 6. The number of aromatic amines is 1. The summed E-state index contributed by atoms with van der Waals surface area (Å²) < 4.78 is 102. The Bertz CT molecular complexity index is 1430. The molecule has 3 heterocycles. The van der Waals surface area contributed by atoms with Crippen LogP contribution in [0, 0.1) is 5.82 Å². The number of thiophene rings is 1. The number of ether oxygens (including phenoxy) is 1. The summed E-state index contributed by atoms with van der Waals surface area (Å²) in [5.41, 5.74) is -4.05. The summed E-state index contributed by atoms with van der Waals surface area (Å²) in [6.45, 7) is -0.0407. The second-order valence-electron chi connectivity index (χ2n) is 10.0. The molecule has 15 heteroatoms. The molecule has 1 saturated carbocycles. The van der Waals surface area contributed by atoms with Crippen molar-refractivity contribution in [2.75, 3.05) is 6.61 Å². The quantitative estimate of drug-likeness (QED) is 0.200. The fraction of sp³-hybridized carbons (Fsp3) is 0.462. The number of halogens is 7. The Morgan fingerprint density at radius 3 is 2.46 bits per heavy atom. The second kappa shape index (κ2) is 11.1. The Morgan fingerprint density at radius 2 is 1.83 bits per heavy atom. The molecule has 220 valence electrons. The third-order valence-corrected chi connectivity index (χ3v) is 8.35. The highest BCUT2D eigenvalue weighted by Crippen LogP contribution is 2.52. The minimum atomic E-state index is -5.11. The second-order valence-corrected chi connectivity index (χ2v) is 11.1. The molecule has 0 spiro atoms. The van der Waals surface area contributed by atoms with Crippen molar-refractivity contribution in [2.45, 2.75) is 68.8 Å². The SMILES string of the molecule is O=C1N[C@@](c2ccc(OCCCCCC(F)(F)F)cc2F)(C(F)(F)F)CC(c2ccc(C3CC3)s2)=C1c1nnn[nH]1. The minimum Gasteiger partial charge on any atom is -0.493 e. The number of H-pyrrole nitrogens is 1. The molecule has 5 rings (SSSR count). The predicted octanol–water partition coefficient (Wildman–Crippen LogP) is 6.67. The fourth-order valence-corrected chi connectivity index (χ4v) is 6.06. The van der Waals surface area contributed by atoms with Crippen LogP contribution in [0.15, 0.2) is 30.3 Å². The number of benzene rings is 1. The van der Waals surface area contributed by atoms with Crippen LogP contribution in [-0.2, 0) is 10.3 Å². The zero-order valence-electron chi connectivity index (χ0n) is 21.3. The van der Waals surface area contributed by atoms with Crippen molar-refractivity contribution in [1.82, 2.24) is 25.9 Å². The van der Waals surface area contributed by atoms with E-state index < -0.39 is 48.0 Å². The summed E-state index contributed by atoms with van der Waals surface area (Å²) in [6.07, 6.45) is -8.81. The van der Waals surface area contributed by atoms with Gasteiger partial charge in [0.25, 0.3) is 5.91 Å². The van der Waals surface area contributed by atoms with Gasteiger partial charge in [0, 0.05) is 34.2 Å². The third kappa shape index (κ3) is 6.23. The number of aromatic nitrogens is 4. The van der Waals surface area contributed by atoms with E-state index in [1.807, 2.05) is 11.4 Å². The van der Waals surface area contributed by atoms with Crippen LogP contribution in [0.1, 0.15) is 72.0 Å². The number of amides is 1. The van der Waals surface area contributed by atoms with Crippen LogP contribution in [-0.4, -0.2) is 45.5 Å². The summed E-state index contributed by atoms with van der Waals surface area (Å²) in [7, 11) is 0. The lowest BCUT2D eigenvalue weighted by Gasteiger charge is -2.41. The van der Waals surface area contributed by atoms with Crippen LogP contribution in [0.3, 0.4) is 0 Å². The fourth-order valence-electron chi connectivity index (χ4n) is 4.83. The molecule has 0 saturated heterocycles. The zero-order valence-corrected chi connectivity index (χ0v) is 22.1. The smallest absolute Gasteiger partial charge is 0.416 e. The number of alkyl halides is 6. The van der Waals surface area contributed by atoms with Gasteiger partial charge in [-0.25, -0.2) is 9.49 Å². The largest absolute Gasteiger partial charge is 0.493 e. The maximum atomic E-state index is 15.4. The summed E-state index contributed by atoms with van der Waals surface area (Å²) >= 11 is 1.28. The molecule has 41 heavy (non-hydrogen) atoms. The van der Waals surface area contributed by atoms with Crippen LogP contribution < -0.4 is 10.1 Å². The van der Waals surface area contributed by atoms with Gasteiger partial charge in [-0.3, -0.25) is 4.79 Å². The molecule has 2 N–H and O–H groups in total. The van der Waals surface area contributed by atoms with Crippen molar-refractivity contribution < 1.29 is 40.3 Å². The highest BCUT2D eigenvalue weighted by molar-refractivity contribution is 7.13. The van der Waals surface area contributed by atoms with Crippen molar-refractivity contribution in [1.29, 1.82) is 0 Å². The van der Waals surface area contributed by atoms with E-state index in [1.165, 1.54) is 11.3 Å².